The molecule has 1 N–H and O–H groups in total. The van der Waals surface area contributed by atoms with Gasteiger partial charge in [0.25, 0.3) is 0 Å². The van der Waals surface area contributed by atoms with Crippen molar-refractivity contribution in [3.8, 4) is 0 Å². The minimum absolute atomic E-state index is 0.330. The van der Waals surface area contributed by atoms with Gasteiger partial charge < -0.3 is 5.32 Å². The minimum atomic E-state index is 0.330. The lowest BCUT2D eigenvalue weighted by molar-refractivity contribution is 0.430. The van der Waals surface area contributed by atoms with Gasteiger partial charge in [0.05, 0.1) is 0 Å². The summed E-state index contributed by atoms with van der Waals surface area (Å²) in [5.74, 6) is 1.06. The second kappa shape index (κ2) is 5.68. The summed E-state index contributed by atoms with van der Waals surface area (Å²) in [6, 6.07) is 2.52. The molecular formula is C10H14ClN3S. The molecule has 1 aliphatic heterocycles. The molecule has 1 aromatic rings. The van der Waals surface area contributed by atoms with Crippen LogP contribution in [-0.2, 0) is 0 Å². The highest BCUT2D eigenvalue weighted by atomic mass is 35.5. The number of halogens is 1. The smallest absolute Gasteiger partial charge is 0.223 e. The maximum Gasteiger partial charge on any atom is 0.223 e. The maximum atomic E-state index is 5.72. The fourth-order valence-corrected chi connectivity index (χ4v) is 2.81. The molecule has 2 heterocycles. The molecule has 0 aliphatic carbocycles. The van der Waals surface area contributed by atoms with E-state index in [1.165, 1.54) is 19.3 Å². The van der Waals surface area contributed by atoms with Crippen molar-refractivity contribution < 1.29 is 0 Å². The van der Waals surface area contributed by atoms with Crippen molar-refractivity contribution in [1.29, 1.82) is 0 Å². The van der Waals surface area contributed by atoms with E-state index in [1.54, 1.807) is 18.0 Å². The number of nitrogens with zero attached hydrogens (tertiary/aromatic N) is 2. The zero-order valence-corrected chi connectivity index (χ0v) is 10.0. The summed E-state index contributed by atoms with van der Waals surface area (Å²) in [6.07, 6.45) is 5.61. The monoisotopic (exact) mass is 243 g/mol. The lowest BCUT2D eigenvalue weighted by atomic mass is 10.1. The third kappa shape index (κ3) is 3.63. The first-order valence-corrected chi connectivity index (χ1v) is 6.56. The van der Waals surface area contributed by atoms with E-state index in [4.69, 9.17) is 11.6 Å². The van der Waals surface area contributed by atoms with Gasteiger partial charge in [-0.3, -0.25) is 0 Å². The Balaban J connectivity index is 1.81. The predicted octanol–water partition coefficient (Wildman–Crippen LogP) is 2.36. The molecule has 15 heavy (non-hydrogen) atoms. The highest BCUT2D eigenvalue weighted by Gasteiger charge is 2.12. The molecule has 0 radical (unpaired) electrons. The van der Waals surface area contributed by atoms with Crippen LogP contribution in [0.4, 0.5) is 0 Å². The van der Waals surface area contributed by atoms with E-state index >= 15 is 0 Å². The average Bonchev–Trinajstić information content (AvgIpc) is 2.28. The van der Waals surface area contributed by atoms with E-state index in [0.29, 0.717) is 11.3 Å². The van der Waals surface area contributed by atoms with Gasteiger partial charge in [-0.15, -0.1) is 11.8 Å². The summed E-state index contributed by atoms with van der Waals surface area (Å²) in [5, 5.41) is 4.80. The van der Waals surface area contributed by atoms with Gasteiger partial charge in [0.15, 0.2) is 0 Å². The van der Waals surface area contributed by atoms with E-state index in [2.05, 4.69) is 15.3 Å². The zero-order chi connectivity index (χ0) is 10.5. The molecule has 1 aliphatic rings. The van der Waals surface area contributed by atoms with Crippen LogP contribution < -0.4 is 5.32 Å². The molecule has 0 spiro atoms. The summed E-state index contributed by atoms with van der Waals surface area (Å²) >= 11 is 7.46. The van der Waals surface area contributed by atoms with Crippen LogP contribution in [0.3, 0.4) is 0 Å². The molecule has 0 saturated carbocycles. The standard InChI is InChI=1S/C10H14ClN3S/c11-10-13-6-4-9(14-10)15-7-8-3-1-2-5-12-8/h4,6,8,12H,1-3,5,7H2. The summed E-state index contributed by atoms with van der Waals surface area (Å²) in [7, 11) is 0. The molecule has 0 aromatic carbocycles. The summed E-state index contributed by atoms with van der Waals surface area (Å²) in [5.41, 5.74) is 0. The number of aromatic nitrogens is 2. The Kier molecular flexibility index (Phi) is 4.23. The Bertz CT molecular complexity index is 315. The van der Waals surface area contributed by atoms with Crippen LogP contribution in [0.25, 0.3) is 0 Å². The van der Waals surface area contributed by atoms with Crippen LogP contribution in [0.5, 0.6) is 0 Å². The van der Waals surface area contributed by atoms with Crippen molar-refractivity contribution in [2.75, 3.05) is 12.3 Å². The van der Waals surface area contributed by atoms with Crippen LogP contribution >= 0.6 is 23.4 Å². The van der Waals surface area contributed by atoms with Gasteiger partial charge in [0.2, 0.25) is 5.28 Å². The second-order valence-electron chi connectivity index (χ2n) is 3.62. The first-order chi connectivity index (χ1) is 7.34. The molecule has 0 bridgehead atoms. The van der Waals surface area contributed by atoms with Gasteiger partial charge in [0.1, 0.15) is 5.03 Å². The topological polar surface area (TPSA) is 37.8 Å². The largest absolute Gasteiger partial charge is 0.313 e. The van der Waals surface area contributed by atoms with E-state index in [-0.39, 0.29) is 0 Å². The van der Waals surface area contributed by atoms with E-state index in [1.807, 2.05) is 6.07 Å². The van der Waals surface area contributed by atoms with Gasteiger partial charge in [0, 0.05) is 18.0 Å². The van der Waals surface area contributed by atoms with E-state index in [0.717, 1.165) is 17.3 Å². The Morgan fingerprint density at radius 3 is 3.20 bits per heavy atom. The lowest BCUT2D eigenvalue weighted by Crippen LogP contribution is -2.35. The normalized spacial score (nSPS) is 21.5. The molecule has 1 fully saturated rings. The second-order valence-corrected chi connectivity index (χ2v) is 5.00. The van der Waals surface area contributed by atoms with E-state index < -0.39 is 0 Å². The molecule has 2 rings (SSSR count). The van der Waals surface area contributed by atoms with Crippen LogP contribution in [0.1, 0.15) is 19.3 Å². The minimum Gasteiger partial charge on any atom is -0.313 e. The molecule has 82 valence electrons. The summed E-state index contributed by atoms with van der Waals surface area (Å²) in [6.45, 7) is 1.15. The predicted molar refractivity (Wildman–Crippen MR) is 63.4 cm³/mol. The number of hydrogen-bond acceptors (Lipinski definition) is 4. The van der Waals surface area contributed by atoms with E-state index in [9.17, 15) is 0 Å². The third-order valence-electron chi connectivity index (χ3n) is 2.45. The number of thioether (sulfide) groups is 1. The molecule has 1 atom stereocenters. The van der Waals surface area contributed by atoms with Crippen molar-refractivity contribution in [3.63, 3.8) is 0 Å². The SMILES string of the molecule is Clc1nccc(SCC2CCCCN2)n1. The number of rotatable bonds is 3. The fourth-order valence-electron chi connectivity index (χ4n) is 1.65. The Morgan fingerprint density at radius 1 is 1.53 bits per heavy atom. The average molecular weight is 244 g/mol. The zero-order valence-electron chi connectivity index (χ0n) is 8.45. The first kappa shape index (κ1) is 11.2. The van der Waals surface area contributed by atoms with Crippen molar-refractivity contribution >= 4 is 23.4 Å². The molecule has 1 saturated heterocycles. The Labute approximate surface area is 99.0 Å². The van der Waals surface area contributed by atoms with Gasteiger partial charge in [-0.25, -0.2) is 9.97 Å². The van der Waals surface area contributed by atoms with Crippen LogP contribution in [-0.4, -0.2) is 28.3 Å². The van der Waals surface area contributed by atoms with Crippen molar-refractivity contribution in [2.24, 2.45) is 0 Å². The van der Waals surface area contributed by atoms with Crippen LogP contribution in [0, 0.1) is 0 Å². The molecule has 0 amide bonds. The number of nitrogens with one attached hydrogen (secondary N) is 1. The van der Waals surface area contributed by atoms with Gasteiger partial charge in [-0.1, -0.05) is 6.42 Å². The van der Waals surface area contributed by atoms with Crippen molar-refractivity contribution in [3.05, 3.63) is 17.5 Å². The van der Waals surface area contributed by atoms with Crippen molar-refractivity contribution in [2.45, 2.75) is 30.3 Å². The molecule has 5 heteroatoms. The lowest BCUT2D eigenvalue weighted by Gasteiger charge is -2.22. The fraction of sp³-hybridized carbons (Fsp3) is 0.600. The summed E-state index contributed by atoms with van der Waals surface area (Å²) in [4.78, 5) is 8.01. The highest BCUT2D eigenvalue weighted by molar-refractivity contribution is 7.99. The third-order valence-corrected chi connectivity index (χ3v) is 3.72. The molecule has 1 unspecified atom stereocenters. The van der Waals surface area contributed by atoms with Gasteiger partial charge in [-0.05, 0) is 37.1 Å². The van der Waals surface area contributed by atoms with Crippen LogP contribution in [0.2, 0.25) is 5.28 Å². The highest BCUT2D eigenvalue weighted by Crippen LogP contribution is 2.19. The molecule has 1 aromatic heterocycles. The summed E-state index contributed by atoms with van der Waals surface area (Å²) < 4.78 is 0. The molecular weight excluding hydrogens is 230 g/mol. The number of hydrogen-bond donors (Lipinski definition) is 1. The van der Waals surface area contributed by atoms with Gasteiger partial charge >= 0.3 is 0 Å². The van der Waals surface area contributed by atoms with Crippen LogP contribution in [0.15, 0.2) is 17.3 Å². The Morgan fingerprint density at radius 2 is 2.47 bits per heavy atom. The van der Waals surface area contributed by atoms with Gasteiger partial charge in [-0.2, -0.15) is 0 Å². The quantitative estimate of drug-likeness (QED) is 0.503. The van der Waals surface area contributed by atoms with Crippen molar-refractivity contribution in [1.82, 2.24) is 15.3 Å². The first-order valence-electron chi connectivity index (χ1n) is 5.19. The Hall–Kier alpha value is -0.320. The maximum absolute atomic E-state index is 5.72. The molecule has 3 nitrogen and oxygen atoms in total. The number of piperidine rings is 1.